The average molecular weight is 356 g/mol. The molecule has 0 radical (unpaired) electrons. The molecule has 0 aliphatic carbocycles. The lowest BCUT2D eigenvalue weighted by Gasteiger charge is -2.06. The quantitative estimate of drug-likeness (QED) is 0.239. The molecule has 0 aliphatic rings. The maximum atomic E-state index is 7.76. The summed E-state index contributed by atoms with van der Waals surface area (Å²) in [6.07, 6.45) is 2.05. The number of benzene rings is 2. The van der Waals surface area contributed by atoms with Gasteiger partial charge < -0.3 is 10.4 Å². The summed E-state index contributed by atoms with van der Waals surface area (Å²) < 4.78 is 3.25. The van der Waals surface area contributed by atoms with E-state index in [-0.39, 0.29) is 5.84 Å². The fourth-order valence-corrected chi connectivity index (χ4v) is 2.65. The Morgan fingerprint density at radius 2 is 1.91 bits per heavy atom. The molecule has 0 fully saturated rings. The van der Waals surface area contributed by atoms with Gasteiger partial charge in [-0.15, -0.1) is 5.11 Å². The van der Waals surface area contributed by atoms with Gasteiger partial charge in [0.1, 0.15) is 0 Å². The van der Waals surface area contributed by atoms with Crippen LogP contribution in [0.2, 0.25) is 0 Å². The van der Waals surface area contributed by atoms with Gasteiger partial charge >= 0.3 is 0 Å². The Morgan fingerprint density at radius 1 is 1.14 bits per heavy atom. The van der Waals surface area contributed by atoms with Gasteiger partial charge in [0.2, 0.25) is 0 Å². The summed E-state index contributed by atoms with van der Waals surface area (Å²) in [5.41, 5.74) is 3.04. The molecule has 0 amide bonds. The van der Waals surface area contributed by atoms with Crippen molar-refractivity contribution < 1.29 is 0 Å². The largest absolute Gasteiger partial charge is 0.343 e. The van der Waals surface area contributed by atoms with Crippen LogP contribution in [0.5, 0.6) is 0 Å². The zero-order valence-corrected chi connectivity index (χ0v) is 13.3. The summed E-state index contributed by atoms with van der Waals surface area (Å²) in [5, 5.41) is 15.5. The van der Waals surface area contributed by atoms with Gasteiger partial charge in [0.25, 0.3) is 0 Å². The number of rotatable bonds is 3. The van der Waals surface area contributed by atoms with Crippen molar-refractivity contribution in [3.8, 4) is 0 Å². The molecule has 3 aromatic rings. The Morgan fingerprint density at radius 3 is 2.64 bits per heavy atom. The second-order valence-electron chi connectivity index (χ2n) is 4.91. The van der Waals surface area contributed by atoms with Crippen LogP contribution in [-0.4, -0.2) is 10.4 Å². The van der Waals surface area contributed by atoms with E-state index in [1.54, 1.807) is 0 Å². The van der Waals surface area contributed by atoms with Crippen LogP contribution < -0.4 is 5.84 Å². The first kappa shape index (κ1) is 14.5. The standard InChI is InChI=1S/C16H14BrN5/c17-14-4-1-11(2-5-14)10-22-8-7-12-9-13(3-6-15(12)22)16(18)20-21-19/h1-9H,10H2,(H3,18,19,20). The van der Waals surface area contributed by atoms with Crippen molar-refractivity contribution in [3.05, 3.63) is 70.3 Å². The van der Waals surface area contributed by atoms with Crippen LogP contribution >= 0.6 is 15.9 Å². The molecule has 0 saturated heterocycles. The zero-order valence-electron chi connectivity index (χ0n) is 11.7. The molecule has 0 atom stereocenters. The minimum atomic E-state index is 0.0602. The first-order chi connectivity index (χ1) is 10.7. The maximum absolute atomic E-state index is 7.76. The van der Waals surface area contributed by atoms with Crippen molar-refractivity contribution >= 4 is 32.7 Å². The molecule has 0 bridgehead atoms. The van der Waals surface area contributed by atoms with E-state index < -0.39 is 0 Å². The molecule has 110 valence electrons. The summed E-state index contributed by atoms with van der Waals surface area (Å²) in [7, 11) is 0. The van der Waals surface area contributed by atoms with Crippen LogP contribution in [0.4, 0.5) is 0 Å². The van der Waals surface area contributed by atoms with Crippen molar-refractivity contribution in [2.75, 3.05) is 0 Å². The Kier molecular flexibility index (Phi) is 4.02. The van der Waals surface area contributed by atoms with E-state index in [1.165, 1.54) is 5.56 Å². The summed E-state index contributed by atoms with van der Waals surface area (Å²) in [6.45, 7) is 0.802. The number of nitrogens with two attached hydrogens (primary N) is 1. The zero-order chi connectivity index (χ0) is 15.5. The summed E-state index contributed by atoms with van der Waals surface area (Å²) in [4.78, 5) is 0. The van der Waals surface area contributed by atoms with E-state index in [2.05, 4.69) is 43.0 Å². The number of hydrogen-bond donors (Lipinski definition) is 2. The fourth-order valence-electron chi connectivity index (χ4n) is 2.39. The third-order valence-electron chi connectivity index (χ3n) is 3.47. The smallest absolute Gasteiger partial charge is 0.176 e. The molecule has 5 nitrogen and oxygen atoms in total. The Bertz CT molecular complexity index is 849. The third kappa shape index (κ3) is 2.92. The van der Waals surface area contributed by atoms with E-state index >= 15 is 0 Å². The highest BCUT2D eigenvalue weighted by molar-refractivity contribution is 9.10. The van der Waals surface area contributed by atoms with Crippen molar-refractivity contribution in [1.82, 2.24) is 4.57 Å². The molecule has 3 rings (SSSR count). The van der Waals surface area contributed by atoms with E-state index in [4.69, 9.17) is 11.3 Å². The molecular formula is C16H14BrN5. The predicted molar refractivity (Wildman–Crippen MR) is 91.1 cm³/mol. The minimum Gasteiger partial charge on any atom is -0.343 e. The first-order valence-corrected chi connectivity index (χ1v) is 7.50. The second kappa shape index (κ2) is 6.11. The molecule has 0 spiro atoms. The van der Waals surface area contributed by atoms with E-state index in [0.717, 1.165) is 21.9 Å². The molecule has 22 heavy (non-hydrogen) atoms. The number of nitrogens with zero attached hydrogens (tertiary/aromatic N) is 3. The van der Waals surface area contributed by atoms with Gasteiger partial charge in [0.05, 0.1) is 0 Å². The van der Waals surface area contributed by atoms with Gasteiger partial charge in [0, 0.05) is 33.7 Å². The molecule has 1 heterocycles. The fraction of sp³-hybridized carbons (Fsp3) is 0.0625. The highest BCUT2D eigenvalue weighted by Crippen LogP contribution is 2.20. The van der Waals surface area contributed by atoms with Crippen LogP contribution in [-0.2, 0) is 6.54 Å². The summed E-state index contributed by atoms with van der Waals surface area (Å²) in [6, 6.07) is 16.1. The predicted octanol–water partition coefficient (Wildman–Crippen LogP) is 4.10. The highest BCUT2D eigenvalue weighted by atomic mass is 79.9. The molecule has 6 heteroatoms. The van der Waals surface area contributed by atoms with Crippen molar-refractivity contribution in [2.24, 2.45) is 16.2 Å². The molecule has 2 aromatic carbocycles. The number of amidine groups is 1. The number of aromatic nitrogens is 1. The van der Waals surface area contributed by atoms with Crippen molar-refractivity contribution in [1.29, 1.82) is 5.41 Å². The van der Waals surface area contributed by atoms with Crippen molar-refractivity contribution in [3.63, 3.8) is 0 Å². The van der Waals surface area contributed by atoms with Gasteiger partial charge in [-0.3, -0.25) is 5.41 Å². The van der Waals surface area contributed by atoms with Gasteiger partial charge in [-0.2, -0.15) is 0 Å². The van der Waals surface area contributed by atoms with E-state index in [0.29, 0.717) is 5.56 Å². The van der Waals surface area contributed by atoms with Gasteiger partial charge in [-0.25, -0.2) is 0 Å². The monoisotopic (exact) mass is 355 g/mol. The van der Waals surface area contributed by atoms with Crippen LogP contribution in [0.3, 0.4) is 0 Å². The van der Waals surface area contributed by atoms with Crippen LogP contribution in [0.15, 0.2) is 69.5 Å². The highest BCUT2D eigenvalue weighted by Gasteiger charge is 2.06. The Hall–Kier alpha value is -2.47. The molecule has 1 aromatic heterocycles. The lowest BCUT2D eigenvalue weighted by atomic mass is 10.1. The normalized spacial score (nSPS) is 11.3. The van der Waals surface area contributed by atoms with E-state index in [1.807, 2.05) is 42.6 Å². The van der Waals surface area contributed by atoms with Crippen LogP contribution in [0, 0.1) is 5.41 Å². The van der Waals surface area contributed by atoms with Crippen molar-refractivity contribution in [2.45, 2.75) is 6.54 Å². The number of nitrogens with one attached hydrogen (secondary N) is 1. The van der Waals surface area contributed by atoms with Gasteiger partial charge in [-0.05, 0) is 42.0 Å². The second-order valence-corrected chi connectivity index (χ2v) is 5.82. The Balaban J connectivity index is 1.92. The lowest BCUT2D eigenvalue weighted by Crippen LogP contribution is -1.99. The molecule has 0 unspecified atom stereocenters. The molecule has 3 N–H and O–H groups in total. The maximum Gasteiger partial charge on any atom is 0.176 e. The average Bonchev–Trinajstić information content (AvgIpc) is 2.92. The molecule has 0 aliphatic heterocycles. The molecule has 0 saturated carbocycles. The summed E-state index contributed by atoms with van der Waals surface area (Å²) in [5.74, 6) is 5.05. The first-order valence-electron chi connectivity index (χ1n) is 6.70. The van der Waals surface area contributed by atoms with E-state index in [9.17, 15) is 0 Å². The van der Waals surface area contributed by atoms with Crippen LogP contribution in [0.1, 0.15) is 11.1 Å². The Labute approximate surface area is 136 Å². The number of fused-ring (bicyclic) bond motifs is 1. The number of hydrogen-bond acceptors (Lipinski definition) is 2. The lowest BCUT2D eigenvalue weighted by molar-refractivity contribution is 0.836. The topological polar surface area (TPSA) is 79.5 Å². The number of halogens is 1. The van der Waals surface area contributed by atoms with Gasteiger partial charge in [0.15, 0.2) is 5.84 Å². The SMILES string of the molecule is N=C(N=NN)c1ccc2c(ccn2Cc2ccc(Br)cc2)c1. The van der Waals surface area contributed by atoms with Gasteiger partial charge in [-0.1, -0.05) is 33.3 Å². The molecular weight excluding hydrogens is 342 g/mol. The third-order valence-corrected chi connectivity index (χ3v) is 4.00. The summed E-state index contributed by atoms with van der Waals surface area (Å²) >= 11 is 3.45. The minimum absolute atomic E-state index is 0.0602. The van der Waals surface area contributed by atoms with Crippen LogP contribution in [0.25, 0.3) is 10.9 Å².